The van der Waals surface area contributed by atoms with Gasteiger partial charge in [-0.3, -0.25) is 4.98 Å². The maximum Gasteiger partial charge on any atom is 0.145 e. The van der Waals surface area contributed by atoms with Crippen molar-refractivity contribution in [2.75, 3.05) is 0 Å². The fraction of sp³-hybridized carbons (Fsp3) is 0.0833. The molecule has 0 aliphatic heterocycles. The van der Waals surface area contributed by atoms with Crippen LogP contribution in [-0.4, -0.2) is 4.98 Å². The molecule has 0 aliphatic rings. The first-order valence-corrected chi connectivity index (χ1v) is 5.72. The van der Waals surface area contributed by atoms with Gasteiger partial charge in [0.25, 0.3) is 0 Å². The molecule has 0 saturated heterocycles. The van der Waals surface area contributed by atoms with Gasteiger partial charge in [0.15, 0.2) is 0 Å². The predicted molar refractivity (Wildman–Crippen MR) is 68.7 cm³/mol. The van der Waals surface area contributed by atoms with Crippen LogP contribution >= 0.6 is 23.2 Å². The highest BCUT2D eigenvalue weighted by atomic mass is 35.5. The summed E-state index contributed by atoms with van der Waals surface area (Å²) in [6, 6.07) is 8.69. The van der Waals surface area contributed by atoms with E-state index in [1.165, 1.54) is 0 Å². The molecule has 5 heteroatoms. The average Bonchev–Trinajstić information content (AvgIpc) is 2.35. The molecular formula is C12H10Cl2N2O. The lowest BCUT2D eigenvalue weighted by Gasteiger charge is -2.06. The second-order valence-electron chi connectivity index (χ2n) is 3.37. The molecule has 1 aromatic carbocycles. The van der Waals surface area contributed by atoms with E-state index in [9.17, 15) is 0 Å². The molecule has 0 bridgehead atoms. The molecule has 2 rings (SSSR count). The van der Waals surface area contributed by atoms with Crippen molar-refractivity contribution < 1.29 is 4.74 Å². The number of hydrogen-bond donors (Lipinski definition) is 1. The van der Waals surface area contributed by atoms with Crippen LogP contribution in [0, 0.1) is 0 Å². The van der Waals surface area contributed by atoms with Crippen LogP contribution in [0.1, 0.15) is 5.69 Å². The Morgan fingerprint density at radius 2 is 1.82 bits per heavy atom. The minimum Gasteiger partial charge on any atom is -0.456 e. The lowest BCUT2D eigenvalue weighted by molar-refractivity contribution is 0.480. The number of aromatic nitrogens is 1. The fourth-order valence-corrected chi connectivity index (χ4v) is 1.56. The largest absolute Gasteiger partial charge is 0.456 e. The summed E-state index contributed by atoms with van der Waals surface area (Å²) in [5, 5.41) is 0.950. The topological polar surface area (TPSA) is 48.1 Å². The number of hydrogen-bond acceptors (Lipinski definition) is 3. The van der Waals surface area contributed by atoms with Crippen LogP contribution in [0.3, 0.4) is 0 Å². The van der Waals surface area contributed by atoms with Gasteiger partial charge in [-0.05, 0) is 24.3 Å². The third kappa shape index (κ3) is 3.09. The van der Waals surface area contributed by atoms with Crippen molar-refractivity contribution in [1.29, 1.82) is 0 Å². The first-order chi connectivity index (χ1) is 8.19. The Morgan fingerprint density at radius 1 is 1.06 bits per heavy atom. The highest BCUT2D eigenvalue weighted by Crippen LogP contribution is 2.29. The summed E-state index contributed by atoms with van der Waals surface area (Å²) in [6.45, 7) is 0.410. The van der Waals surface area contributed by atoms with Crippen molar-refractivity contribution in [3.63, 3.8) is 0 Å². The molecule has 0 saturated carbocycles. The van der Waals surface area contributed by atoms with Gasteiger partial charge in [0, 0.05) is 12.6 Å². The van der Waals surface area contributed by atoms with E-state index in [0.29, 0.717) is 28.1 Å². The molecule has 0 unspecified atom stereocenters. The summed E-state index contributed by atoms with van der Waals surface area (Å²) >= 11 is 11.7. The minimum atomic E-state index is 0.410. The fourth-order valence-electron chi connectivity index (χ4n) is 1.27. The van der Waals surface area contributed by atoms with E-state index in [4.69, 9.17) is 33.7 Å². The monoisotopic (exact) mass is 268 g/mol. The van der Waals surface area contributed by atoms with E-state index in [0.717, 1.165) is 5.69 Å². The number of rotatable bonds is 3. The van der Waals surface area contributed by atoms with Crippen molar-refractivity contribution in [3.8, 4) is 11.5 Å². The number of benzene rings is 1. The molecule has 0 amide bonds. The smallest absolute Gasteiger partial charge is 0.145 e. The second kappa shape index (κ2) is 5.36. The lowest BCUT2D eigenvalue weighted by atomic mass is 10.3. The van der Waals surface area contributed by atoms with Crippen LogP contribution < -0.4 is 10.5 Å². The molecule has 0 spiro atoms. The van der Waals surface area contributed by atoms with Crippen molar-refractivity contribution in [1.82, 2.24) is 4.98 Å². The molecular weight excluding hydrogens is 259 g/mol. The van der Waals surface area contributed by atoms with Crippen molar-refractivity contribution in [2.24, 2.45) is 5.73 Å². The van der Waals surface area contributed by atoms with Crippen LogP contribution in [-0.2, 0) is 6.54 Å². The lowest BCUT2D eigenvalue weighted by Crippen LogP contribution is -1.98. The summed E-state index contributed by atoms with van der Waals surface area (Å²) in [6.07, 6.45) is 1.62. The Labute approximate surface area is 109 Å². The number of halogens is 2. The maximum atomic E-state index is 5.88. The SMILES string of the molecule is NCc1ccc(Oc2ccc(Cl)c(Cl)c2)cn1. The third-order valence-corrected chi connectivity index (χ3v) is 2.87. The highest BCUT2D eigenvalue weighted by molar-refractivity contribution is 6.42. The highest BCUT2D eigenvalue weighted by Gasteiger charge is 2.02. The van der Waals surface area contributed by atoms with Crippen LogP contribution in [0.25, 0.3) is 0 Å². The van der Waals surface area contributed by atoms with Crippen molar-refractivity contribution in [2.45, 2.75) is 6.54 Å². The Kier molecular flexibility index (Phi) is 3.84. The first kappa shape index (κ1) is 12.2. The second-order valence-corrected chi connectivity index (χ2v) is 4.18. The molecule has 2 aromatic rings. The zero-order valence-electron chi connectivity index (χ0n) is 8.86. The van der Waals surface area contributed by atoms with Gasteiger partial charge >= 0.3 is 0 Å². The molecule has 1 heterocycles. The van der Waals surface area contributed by atoms with E-state index >= 15 is 0 Å². The van der Waals surface area contributed by atoms with E-state index < -0.39 is 0 Å². The summed E-state index contributed by atoms with van der Waals surface area (Å²) < 4.78 is 5.57. The normalized spacial score (nSPS) is 10.3. The molecule has 1 aromatic heterocycles. The number of nitrogens with zero attached hydrogens (tertiary/aromatic N) is 1. The minimum absolute atomic E-state index is 0.410. The van der Waals surface area contributed by atoms with Crippen molar-refractivity contribution >= 4 is 23.2 Å². The van der Waals surface area contributed by atoms with E-state index in [-0.39, 0.29) is 0 Å². The zero-order valence-corrected chi connectivity index (χ0v) is 10.4. The van der Waals surface area contributed by atoms with Crippen LogP contribution in [0.4, 0.5) is 0 Å². The van der Waals surface area contributed by atoms with Gasteiger partial charge in [-0.25, -0.2) is 0 Å². The van der Waals surface area contributed by atoms with Gasteiger partial charge in [-0.15, -0.1) is 0 Å². The molecule has 3 nitrogen and oxygen atoms in total. The summed E-state index contributed by atoms with van der Waals surface area (Å²) in [4.78, 5) is 4.12. The molecule has 88 valence electrons. The van der Waals surface area contributed by atoms with Gasteiger partial charge in [0.05, 0.1) is 21.9 Å². The predicted octanol–water partition coefficient (Wildman–Crippen LogP) is 3.64. The molecule has 0 radical (unpaired) electrons. The summed E-state index contributed by atoms with van der Waals surface area (Å²) in [7, 11) is 0. The Bertz CT molecular complexity index is 514. The molecule has 0 aliphatic carbocycles. The molecule has 2 N–H and O–H groups in total. The zero-order chi connectivity index (χ0) is 12.3. The van der Waals surface area contributed by atoms with Crippen LogP contribution in [0.5, 0.6) is 11.5 Å². The Hall–Kier alpha value is -1.29. The summed E-state index contributed by atoms with van der Waals surface area (Å²) in [5.74, 6) is 1.24. The van der Waals surface area contributed by atoms with E-state index in [2.05, 4.69) is 4.98 Å². The summed E-state index contributed by atoms with van der Waals surface area (Å²) in [5.41, 5.74) is 6.27. The molecule has 0 atom stereocenters. The van der Waals surface area contributed by atoms with Gasteiger partial charge in [-0.1, -0.05) is 23.2 Å². The standard InChI is InChI=1S/C12H10Cl2N2O/c13-11-4-3-9(5-12(11)14)17-10-2-1-8(6-15)16-7-10/h1-5,7H,6,15H2. The van der Waals surface area contributed by atoms with Crippen molar-refractivity contribution in [3.05, 3.63) is 52.3 Å². The number of pyridine rings is 1. The van der Waals surface area contributed by atoms with Gasteiger partial charge < -0.3 is 10.5 Å². The first-order valence-electron chi connectivity index (χ1n) is 4.97. The molecule has 0 fully saturated rings. The van der Waals surface area contributed by atoms with Gasteiger partial charge in [-0.2, -0.15) is 0 Å². The average molecular weight is 269 g/mol. The van der Waals surface area contributed by atoms with Crippen LogP contribution in [0.15, 0.2) is 36.5 Å². The van der Waals surface area contributed by atoms with Crippen LogP contribution in [0.2, 0.25) is 10.0 Å². The Balaban J connectivity index is 2.16. The molecule has 17 heavy (non-hydrogen) atoms. The number of nitrogens with two attached hydrogens (primary N) is 1. The third-order valence-electron chi connectivity index (χ3n) is 2.13. The quantitative estimate of drug-likeness (QED) is 0.925. The maximum absolute atomic E-state index is 5.88. The number of ether oxygens (including phenoxy) is 1. The van der Waals surface area contributed by atoms with E-state index in [1.54, 1.807) is 30.5 Å². The van der Waals surface area contributed by atoms with Gasteiger partial charge in [0.1, 0.15) is 11.5 Å². The van der Waals surface area contributed by atoms with Gasteiger partial charge in [0.2, 0.25) is 0 Å². The Morgan fingerprint density at radius 3 is 2.41 bits per heavy atom. The van der Waals surface area contributed by atoms with E-state index in [1.807, 2.05) is 6.07 Å².